The molecule has 4 aromatic rings. The van der Waals surface area contributed by atoms with E-state index in [0.717, 1.165) is 15.4 Å². The fraction of sp³-hybridized carbons (Fsp3) is 0.212. The smallest absolute Gasteiger partial charge is 0.264 e. The SMILES string of the molecule is CNC(=O)[C@@H](Cc1ccccc1)N(Cc1ccc(Cl)cc1Cl)C(=O)CN(c1ccc(Cl)cc1C)S(=O)(=O)c1ccc(C)cc1. The van der Waals surface area contributed by atoms with Gasteiger partial charge in [0.1, 0.15) is 12.6 Å². The number of halogens is 3. The van der Waals surface area contributed by atoms with E-state index >= 15 is 0 Å². The number of nitrogens with one attached hydrogen (secondary N) is 1. The van der Waals surface area contributed by atoms with Crippen molar-refractivity contribution in [2.45, 2.75) is 37.8 Å². The number of carbonyl (C=O) groups is 2. The van der Waals surface area contributed by atoms with Gasteiger partial charge in [-0.2, -0.15) is 0 Å². The van der Waals surface area contributed by atoms with Crippen LogP contribution < -0.4 is 9.62 Å². The van der Waals surface area contributed by atoms with E-state index < -0.39 is 34.4 Å². The lowest BCUT2D eigenvalue weighted by Crippen LogP contribution is -2.53. The maximum Gasteiger partial charge on any atom is 0.264 e. The van der Waals surface area contributed by atoms with E-state index in [-0.39, 0.29) is 23.5 Å². The highest BCUT2D eigenvalue weighted by atomic mass is 35.5. The molecule has 4 aromatic carbocycles. The molecular formula is C33H32Cl3N3O4S. The average molecular weight is 673 g/mol. The Morgan fingerprint density at radius 2 is 1.48 bits per heavy atom. The van der Waals surface area contributed by atoms with E-state index in [0.29, 0.717) is 26.2 Å². The summed E-state index contributed by atoms with van der Waals surface area (Å²) in [6.07, 6.45) is 0.183. The van der Waals surface area contributed by atoms with Crippen molar-refractivity contribution < 1.29 is 18.0 Å². The molecule has 230 valence electrons. The van der Waals surface area contributed by atoms with Gasteiger partial charge in [-0.15, -0.1) is 0 Å². The predicted molar refractivity (Wildman–Crippen MR) is 177 cm³/mol. The average Bonchev–Trinajstić information content (AvgIpc) is 2.99. The van der Waals surface area contributed by atoms with Crippen LogP contribution in [0.25, 0.3) is 0 Å². The summed E-state index contributed by atoms with van der Waals surface area (Å²) in [6, 6.07) is 24.3. The zero-order chi connectivity index (χ0) is 32.0. The van der Waals surface area contributed by atoms with Gasteiger partial charge >= 0.3 is 0 Å². The molecule has 0 heterocycles. The molecule has 0 saturated heterocycles. The summed E-state index contributed by atoms with van der Waals surface area (Å²) >= 11 is 18.8. The normalized spacial score (nSPS) is 12.0. The summed E-state index contributed by atoms with van der Waals surface area (Å²) in [7, 11) is -2.74. The number of nitrogens with zero attached hydrogens (tertiary/aromatic N) is 2. The van der Waals surface area contributed by atoms with Crippen molar-refractivity contribution in [3.05, 3.63) is 128 Å². The second-order valence-electron chi connectivity index (χ2n) is 10.3. The van der Waals surface area contributed by atoms with Crippen molar-refractivity contribution in [3.8, 4) is 0 Å². The van der Waals surface area contributed by atoms with E-state index in [1.807, 2.05) is 37.3 Å². The van der Waals surface area contributed by atoms with E-state index in [9.17, 15) is 18.0 Å². The van der Waals surface area contributed by atoms with E-state index in [1.54, 1.807) is 55.5 Å². The molecule has 0 unspecified atom stereocenters. The van der Waals surface area contributed by atoms with Gasteiger partial charge < -0.3 is 10.2 Å². The molecule has 1 atom stereocenters. The highest BCUT2D eigenvalue weighted by Crippen LogP contribution is 2.30. The van der Waals surface area contributed by atoms with Crippen molar-refractivity contribution >= 4 is 62.3 Å². The number of benzene rings is 4. The number of aryl methyl sites for hydroxylation is 2. The Labute approximate surface area is 273 Å². The van der Waals surface area contributed by atoms with Gasteiger partial charge in [0.2, 0.25) is 11.8 Å². The van der Waals surface area contributed by atoms with Gasteiger partial charge in [-0.3, -0.25) is 13.9 Å². The molecule has 0 bridgehead atoms. The van der Waals surface area contributed by atoms with Gasteiger partial charge in [-0.1, -0.05) is 88.9 Å². The van der Waals surface area contributed by atoms with Crippen molar-refractivity contribution in [1.82, 2.24) is 10.2 Å². The molecule has 0 spiro atoms. The van der Waals surface area contributed by atoms with Crippen molar-refractivity contribution in [1.29, 1.82) is 0 Å². The fourth-order valence-electron chi connectivity index (χ4n) is 4.80. The summed E-state index contributed by atoms with van der Waals surface area (Å²) < 4.78 is 29.4. The Balaban J connectivity index is 1.83. The summed E-state index contributed by atoms with van der Waals surface area (Å²) in [6.45, 7) is 2.91. The Hall–Kier alpha value is -3.56. The van der Waals surface area contributed by atoms with Gasteiger partial charge in [0, 0.05) is 35.1 Å². The first-order chi connectivity index (χ1) is 20.9. The van der Waals surface area contributed by atoms with Gasteiger partial charge in [-0.05, 0) is 73.0 Å². The molecule has 0 fully saturated rings. The van der Waals surface area contributed by atoms with Crippen LogP contribution in [0.5, 0.6) is 0 Å². The van der Waals surface area contributed by atoms with Crippen molar-refractivity contribution in [2.24, 2.45) is 0 Å². The number of rotatable bonds is 11. The van der Waals surface area contributed by atoms with Crippen LogP contribution in [0, 0.1) is 13.8 Å². The number of likely N-dealkylation sites (N-methyl/N-ethyl adjacent to an activating group) is 1. The third-order valence-electron chi connectivity index (χ3n) is 7.19. The van der Waals surface area contributed by atoms with Crippen LogP contribution in [0.15, 0.2) is 95.9 Å². The van der Waals surface area contributed by atoms with Gasteiger partial charge in [0.15, 0.2) is 0 Å². The minimum atomic E-state index is -4.23. The van der Waals surface area contributed by atoms with Crippen LogP contribution >= 0.6 is 34.8 Å². The summed E-state index contributed by atoms with van der Waals surface area (Å²) in [5.41, 5.74) is 3.09. The predicted octanol–water partition coefficient (Wildman–Crippen LogP) is 6.85. The first kappa shape index (κ1) is 33.3. The van der Waals surface area contributed by atoms with E-state index in [1.165, 1.54) is 24.1 Å². The third-order valence-corrected chi connectivity index (χ3v) is 9.78. The number of anilines is 1. The molecule has 2 amide bonds. The number of carbonyl (C=O) groups excluding carboxylic acids is 2. The molecule has 0 saturated carbocycles. The van der Waals surface area contributed by atoms with Crippen LogP contribution in [0.1, 0.15) is 22.3 Å². The molecular weight excluding hydrogens is 641 g/mol. The number of amides is 2. The van der Waals surface area contributed by atoms with Gasteiger partial charge in [0.25, 0.3) is 10.0 Å². The molecule has 0 radical (unpaired) electrons. The first-order valence-electron chi connectivity index (χ1n) is 13.7. The second kappa shape index (κ2) is 14.5. The van der Waals surface area contributed by atoms with Gasteiger partial charge in [0.05, 0.1) is 10.6 Å². The zero-order valence-electron chi connectivity index (χ0n) is 24.4. The minimum absolute atomic E-state index is 0.0182. The second-order valence-corrected chi connectivity index (χ2v) is 13.5. The van der Waals surface area contributed by atoms with Crippen molar-refractivity contribution in [3.63, 3.8) is 0 Å². The minimum Gasteiger partial charge on any atom is -0.357 e. The lowest BCUT2D eigenvalue weighted by Gasteiger charge is -2.34. The lowest BCUT2D eigenvalue weighted by molar-refractivity contribution is -0.139. The largest absolute Gasteiger partial charge is 0.357 e. The molecule has 0 aliphatic heterocycles. The quantitative estimate of drug-likeness (QED) is 0.189. The highest BCUT2D eigenvalue weighted by molar-refractivity contribution is 7.92. The molecule has 1 N–H and O–H groups in total. The Bertz CT molecular complexity index is 1750. The van der Waals surface area contributed by atoms with Crippen molar-refractivity contribution in [2.75, 3.05) is 17.9 Å². The van der Waals surface area contributed by atoms with E-state index in [4.69, 9.17) is 34.8 Å². The zero-order valence-corrected chi connectivity index (χ0v) is 27.5. The molecule has 0 aliphatic rings. The van der Waals surface area contributed by atoms with Crippen LogP contribution in [0.4, 0.5) is 5.69 Å². The number of hydrogen-bond acceptors (Lipinski definition) is 4. The molecule has 4 rings (SSSR count). The maximum atomic E-state index is 14.4. The fourth-order valence-corrected chi connectivity index (χ4v) is 6.98. The summed E-state index contributed by atoms with van der Waals surface area (Å²) in [4.78, 5) is 29.2. The van der Waals surface area contributed by atoms with Crippen LogP contribution in [0.3, 0.4) is 0 Å². The third kappa shape index (κ3) is 7.93. The van der Waals surface area contributed by atoms with Gasteiger partial charge in [-0.25, -0.2) is 8.42 Å². The number of hydrogen-bond donors (Lipinski definition) is 1. The lowest BCUT2D eigenvalue weighted by atomic mass is 10.0. The molecule has 0 aliphatic carbocycles. The monoisotopic (exact) mass is 671 g/mol. The highest BCUT2D eigenvalue weighted by Gasteiger charge is 2.35. The molecule has 0 aromatic heterocycles. The Morgan fingerprint density at radius 1 is 0.841 bits per heavy atom. The van der Waals surface area contributed by atoms with E-state index in [2.05, 4.69) is 5.32 Å². The van der Waals surface area contributed by atoms with Crippen LogP contribution in [-0.4, -0.2) is 44.8 Å². The van der Waals surface area contributed by atoms with Crippen LogP contribution in [-0.2, 0) is 32.6 Å². The molecule has 7 nitrogen and oxygen atoms in total. The first-order valence-corrected chi connectivity index (χ1v) is 16.3. The molecule has 44 heavy (non-hydrogen) atoms. The Kier molecular flexibility index (Phi) is 11.0. The van der Waals surface area contributed by atoms with Crippen LogP contribution in [0.2, 0.25) is 15.1 Å². The summed E-state index contributed by atoms with van der Waals surface area (Å²) in [5, 5.41) is 3.80. The topological polar surface area (TPSA) is 86.8 Å². The maximum absolute atomic E-state index is 14.4. The Morgan fingerprint density at radius 3 is 2.09 bits per heavy atom. The standard InChI is InChI=1S/C33H32Cl3N3O4S/c1-22-9-14-28(15-10-22)44(42,43)39(30-16-13-26(34)17-23(30)2)21-32(40)38(20-25-11-12-27(35)19-29(25)36)31(33(41)37-3)18-24-7-5-4-6-8-24/h4-17,19,31H,18,20-21H2,1-3H3,(H,37,41)/t31-/m1/s1. The molecule has 11 heteroatoms. The number of sulfonamides is 1. The summed E-state index contributed by atoms with van der Waals surface area (Å²) in [5.74, 6) is -1.02.